The summed E-state index contributed by atoms with van der Waals surface area (Å²) < 4.78 is 65.4. The number of carboxylic acid groups (broad SMARTS) is 1. The number of carbonyl (C=O) groups excluding carboxylic acids is 2. The smallest absolute Gasteiger partial charge is 0.329 e. The van der Waals surface area contributed by atoms with E-state index >= 15 is 0 Å². The number of nitrogens with zero attached hydrogens (tertiary/aromatic N) is 1. The molecule has 0 aromatic rings. The summed E-state index contributed by atoms with van der Waals surface area (Å²) in [5.74, 6) is -2.34. The average Bonchev–Trinajstić information content (AvgIpc) is 3.27. The SMILES string of the molecule is COCC1OC(OC2C(/C=N/NC(=O)CCCCC(=O)NNCC3OC(OC)C(O)C(O)C3OC3OC(COCC(=O)O)C(OC)C(O)C3O)OC(OC)C(O)C2O)C(O)C(O)C1OC. The molecule has 65 heavy (non-hydrogen) atoms. The van der Waals surface area contributed by atoms with E-state index in [0.29, 0.717) is 0 Å². The number of carbonyl (C=O) groups is 3. The van der Waals surface area contributed by atoms with Crippen molar-refractivity contribution in [1.82, 2.24) is 16.3 Å². The average molecular weight is 949 g/mol. The Kier molecular flexibility index (Phi) is 22.5. The highest BCUT2D eigenvalue weighted by atomic mass is 16.8. The summed E-state index contributed by atoms with van der Waals surface area (Å²) in [6.45, 7) is -1.38. The Balaban J connectivity index is 1.25. The van der Waals surface area contributed by atoms with Gasteiger partial charge in [-0.25, -0.2) is 15.6 Å². The van der Waals surface area contributed by atoms with Gasteiger partial charge in [0.2, 0.25) is 11.8 Å². The Labute approximate surface area is 372 Å². The van der Waals surface area contributed by atoms with Gasteiger partial charge in [0.25, 0.3) is 0 Å². The molecule has 4 rings (SSSR count). The fraction of sp³-hybridized carbons (Fsp3) is 0.892. The molecule has 0 bridgehead atoms. The minimum Gasteiger partial charge on any atom is -0.480 e. The number of unbranched alkanes of at least 4 members (excludes halogenated alkanes) is 1. The monoisotopic (exact) mass is 948 g/mol. The van der Waals surface area contributed by atoms with Gasteiger partial charge < -0.3 is 103 Å². The standard InChI is InChI=1S/C37H64N4O24/c1-54-12-17-30(55-2)22(46)28(52)36(62-17)64-32-15(60-34(57-4)26(50)24(32)48)10-38-40-19(42)8-6-7-9-20(43)41-39-11-16-33(25(49)27(51)35(58-5)61-16)65-37-29(53)23(47)31(56-3)18(63-37)13-59-14-21(44)45/h10,15-18,22-37,39,46-53H,6-9,11-14H2,1-5H3,(H,40,42)(H,41,43)(H,44,45)/b38-10+. The predicted octanol–water partition coefficient (Wildman–Crippen LogP) is -7.10. The molecule has 0 radical (unpaired) electrons. The van der Waals surface area contributed by atoms with Crippen molar-refractivity contribution in [2.45, 2.75) is 149 Å². The normalized spacial score (nSPS) is 40.1. The van der Waals surface area contributed by atoms with Crippen LogP contribution in [0.5, 0.6) is 0 Å². The molecule has 0 aliphatic carbocycles. The van der Waals surface area contributed by atoms with Gasteiger partial charge in [-0.05, 0) is 12.8 Å². The van der Waals surface area contributed by atoms with E-state index in [1.54, 1.807) is 0 Å². The largest absolute Gasteiger partial charge is 0.480 e. The molecule has 4 saturated heterocycles. The van der Waals surface area contributed by atoms with Crippen LogP contribution in [0.4, 0.5) is 0 Å². The topological polar surface area (TPSA) is 392 Å². The molecule has 4 aliphatic rings. The molecule has 0 saturated carbocycles. The zero-order valence-corrected chi connectivity index (χ0v) is 36.4. The lowest BCUT2D eigenvalue weighted by atomic mass is 9.96. The quantitative estimate of drug-likeness (QED) is 0.0243. The van der Waals surface area contributed by atoms with Crippen LogP contribution in [-0.2, 0) is 71.2 Å². The maximum absolute atomic E-state index is 12.7. The van der Waals surface area contributed by atoms with Gasteiger partial charge in [0.15, 0.2) is 25.2 Å². The Morgan fingerprint density at radius 2 is 1.05 bits per heavy atom. The fourth-order valence-corrected chi connectivity index (χ4v) is 7.51. The van der Waals surface area contributed by atoms with Crippen LogP contribution >= 0.6 is 0 Å². The van der Waals surface area contributed by atoms with Gasteiger partial charge in [-0.15, -0.1) is 0 Å². The third-order valence-corrected chi connectivity index (χ3v) is 10.9. The van der Waals surface area contributed by atoms with Gasteiger partial charge >= 0.3 is 5.97 Å². The first-order valence-electron chi connectivity index (χ1n) is 20.6. The van der Waals surface area contributed by atoms with Gasteiger partial charge in [0.05, 0.1) is 19.4 Å². The maximum Gasteiger partial charge on any atom is 0.329 e. The maximum atomic E-state index is 12.7. The molecule has 4 aliphatic heterocycles. The molecule has 376 valence electrons. The molecule has 28 heteroatoms. The molecule has 4 fully saturated rings. The highest BCUT2D eigenvalue weighted by Crippen LogP contribution is 2.32. The van der Waals surface area contributed by atoms with Crippen molar-refractivity contribution in [2.75, 3.05) is 61.9 Å². The molecule has 28 nitrogen and oxygen atoms in total. The number of amides is 2. The van der Waals surface area contributed by atoms with Crippen molar-refractivity contribution in [3.05, 3.63) is 0 Å². The van der Waals surface area contributed by atoms with Gasteiger partial charge in [-0.3, -0.25) is 15.0 Å². The number of hydrazine groups is 1. The first-order valence-corrected chi connectivity index (χ1v) is 20.6. The summed E-state index contributed by atoms with van der Waals surface area (Å²) in [4.78, 5) is 36.2. The zero-order valence-electron chi connectivity index (χ0n) is 36.4. The summed E-state index contributed by atoms with van der Waals surface area (Å²) in [6.07, 6.45) is -27.2. The van der Waals surface area contributed by atoms with Gasteiger partial charge in [-0.2, -0.15) is 5.10 Å². The van der Waals surface area contributed by atoms with Crippen LogP contribution in [0.1, 0.15) is 25.7 Å². The van der Waals surface area contributed by atoms with Crippen molar-refractivity contribution in [2.24, 2.45) is 5.10 Å². The number of hydrogen-bond acceptors (Lipinski definition) is 25. The van der Waals surface area contributed by atoms with E-state index in [-0.39, 0.29) is 45.4 Å². The molecule has 0 aromatic carbocycles. The first-order chi connectivity index (χ1) is 31.0. The van der Waals surface area contributed by atoms with E-state index < -0.39 is 147 Å². The molecule has 0 spiro atoms. The third kappa shape index (κ3) is 14.6. The van der Waals surface area contributed by atoms with Gasteiger partial charge in [0.1, 0.15) is 104 Å². The van der Waals surface area contributed by atoms with Crippen LogP contribution < -0.4 is 16.3 Å². The van der Waals surface area contributed by atoms with Crippen LogP contribution in [-0.4, -0.2) is 255 Å². The zero-order chi connectivity index (χ0) is 48.0. The van der Waals surface area contributed by atoms with E-state index in [4.69, 9.17) is 61.9 Å². The number of aliphatic hydroxyl groups is 8. The van der Waals surface area contributed by atoms with Crippen molar-refractivity contribution < 1.29 is 117 Å². The van der Waals surface area contributed by atoms with E-state index in [1.807, 2.05) is 0 Å². The number of aliphatic carboxylic acids is 1. The van der Waals surface area contributed by atoms with E-state index in [0.717, 1.165) is 6.21 Å². The van der Waals surface area contributed by atoms with Crippen LogP contribution in [0.2, 0.25) is 0 Å². The number of ether oxygens (including phenoxy) is 12. The summed E-state index contributed by atoms with van der Waals surface area (Å²) >= 11 is 0. The molecule has 20 unspecified atom stereocenters. The minimum atomic E-state index is -1.75. The van der Waals surface area contributed by atoms with Crippen molar-refractivity contribution in [1.29, 1.82) is 0 Å². The lowest BCUT2D eigenvalue weighted by Crippen LogP contribution is -2.65. The minimum absolute atomic E-state index is 0.0486. The lowest BCUT2D eigenvalue weighted by Gasteiger charge is -2.46. The van der Waals surface area contributed by atoms with E-state index in [9.17, 15) is 55.2 Å². The number of hydrazone groups is 1. The second-order valence-electron chi connectivity index (χ2n) is 15.4. The molecule has 0 aromatic heterocycles. The number of aliphatic hydroxyl groups excluding tert-OH is 8. The number of nitrogens with one attached hydrogen (secondary N) is 3. The second-order valence-corrected chi connectivity index (χ2v) is 15.4. The molecule has 2 amide bonds. The van der Waals surface area contributed by atoms with Crippen molar-refractivity contribution >= 4 is 24.0 Å². The Morgan fingerprint density at radius 1 is 0.569 bits per heavy atom. The highest BCUT2D eigenvalue weighted by molar-refractivity contribution is 5.77. The first kappa shape index (κ1) is 54.8. The second kappa shape index (κ2) is 26.7. The van der Waals surface area contributed by atoms with Gasteiger partial charge in [0, 0.05) is 54.9 Å². The van der Waals surface area contributed by atoms with Crippen LogP contribution in [0.25, 0.3) is 0 Å². The number of carboxylic acids is 1. The summed E-state index contributed by atoms with van der Waals surface area (Å²) in [5, 5.41) is 98.7. The van der Waals surface area contributed by atoms with Crippen LogP contribution in [0.3, 0.4) is 0 Å². The number of hydrogen-bond donors (Lipinski definition) is 12. The predicted molar refractivity (Wildman–Crippen MR) is 210 cm³/mol. The molecular formula is C37H64N4O24. The molecule has 20 atom stereocenters. The number of methoxy groups -OCH3 is 5. The summed E-state index contributed by atoms with van der Waals surface area (Å²) in [5.41, 5.74) is 7.39. The number of rotatable bonds is 24. The Morgan fingerprint density at radius 3 is 1.58 bits per heavy atom. The van der Waals surface area contributed by atoms with Gasteiger partial charge in [-0.1, -0.05) is 0 Å². The van der Waals surface area contributed by atoms with Crippen LogP contribution in [0, 0.1) is 0 Å². The summed E-state index contributed by atoms with van der Waals surface area (Å²) in [7, 11) is 6.36. The molecule has 4 heterocycles. The fourth-order valence-electron chi connectivity index (χ4n) is 7.51. The van der Waals surface area contributed by atoms with E-state index in [1.165, 1.54) is 35.5 Å². The Hall–Kier alpha value is -2.76. The van der Waals surface area contributed by atoms with Crippen LogP contribution in [0.15, 0.2) is 5.10 Å². The molecular weight excluding hydrogens is 884 g/mol. The van der Waals surface area contributed by atoms with Crippen molar-refractivity contribution in [3.63, 3.8) is 0 Å². The van der Waals surface area contributed by atoms with Crippen molar-refractivity contribution in [3.8, 4) is 0 Å². The Bertz CT molecular complexity index is 1490. The highest BCUT2D eigenvalue weighted by Gasteiger charge is 2.53. The molecule has 12 N–H and O–H groups in total. The lowest BCUT2D eigenvalue weighted by molar-refractivity contribution is -0.356. The van der Waals surface area contributed by atoms with E-state index in [2.05, 4.69) is 21.4 Å². The third-order valence-electron chi connectivity index (χ3n) is 10.9. The summed E-state index contributed by atoms with van der Waals surface area (Å²) in [6, 6.07) is 0.